The average molecular weight is 160 g/mol. The van der Waals surface area contributed by atoms with Gasteiger partial charge >= 0.3 is 0 Å². The molecule has 4 heteroatoms. The highest BCUT2D eigenvalue weighted by Gasteiger charge is 2.07. The van der Waals surface area contributed by atoms with Crippen molar-refractivity contribution in [1.82, 2.24) is 0 Å². The van der Waals surface area contributed by atoms with Crippen LogP contribution in [0.3, 0.4) is 0 Å². The lowest BCUT2D eigenvalue weighted by Crippen LogP contribution is -2.15. The molecule has 0 spiro atoms. The van der Waals surface area contributed by atoms with Crippen LogP contribution < -0.4 is 0 Å². The predicted octanol–water partition coefficient (Wildman–Crippen LogP) is -0.192. The summed E-state index contributed by atoms with van der Waals surface area (Å²) < 4.78 is 9.08. The van der Waals surface area contributed by atoms with Crippen LogP contribution in [0.1, 0.15) is 6.42 Å². The van der Waals surface area contributed by atoms with Gasteiger partial charge in [0.25, 0.3) is 0 Å². The van der Waals surface area contributed by atoms with E-state index in [-0.39, 0.29) is 31.2 Å². The molecule has 0 aliphatic heterocycles. The molecule has 0 N–H and O–H groups in total. The van der Waals surface area contributed by atoms with Crippen molar-refractivity contribution in [2.24, 2.45) is 0 Å². The molecule has 0 heterocycles. The van der Waals surface area contributed by atoms with Crippen LogP contribution in [-0.2, 0) is 19.1 Å². The second kappa shape index (κ2) is 6.00. The van der Waals surface area contributed by atoms with Crippen LogP contribution >= 0.6 is 0 Å². The third-order valence-corrected chi connectivity index (χ3v) is 1.00. The molecule has 64 valence electrons. The number of carbonyl (C=O) groups is 2. The summed E-state index contributed by atoms with van der Waals surface area (Å²) in [6.07, 6.45) is -0.0956. The van der Waals surface area contributed by atoms with Crippen LogP contribution in [0.15, 0.2) is 0 Å². The van der Waals surface area contributed by atoms with Gasteiger partial charge in [0.2, 0.25) is 0 Å². The zero-order valence-electron chi connectivity index (χ0n) is 6.75. The van der Waals surface area contributed by atoms with Crippen LogP contribution in [0.2, 0.25) is 0 Å². The fourth-order valence-electron chi connectivity index (χ4n) is 0.644. The van der Waals surface area contributed by atoms with Gasteiger partial charge in [0.05, 0.1) is 6.42 Å². The Balaban J connectivity index is 3.49. The average Bonchev–Trinajstić information content (AvgIpc) is 1.87. The smallest absolute Gasteiger partial charge is 0.165 e. The topological polar surface area (TPSA) is 52.6 Å². The summed E-state index contributed by atoms with van der Waals surface area (Å²) in [6.45, 7) is -0.00902. The molecule has 0 atom stereocenters. The Labute approximate surface area is 65.5 Å². The highest BCUT2D eigenvalue weighted by atomic mass is 16.5. The van der Waals surface area contributed by atoms with Gasteiger partial charge in [-0.25, -0.2) is 0 Å². The van der Waals surface area contributed by atoms with E-state index in [4.69, 9.17) is 0 Å². The first-order valence-electron chi connectivity index (χ1n) is 3.22. The second-order valence-electron chi connectivity index (χ2n) is 2.12. The van der Waals surface area contributed by atoms with Gasteiger partial charge in [-0.15, -0.1) is 0 Å². The molecule has 0 aromatic rings. The first kappa shape index (κ1) is 10.3. The summed E-state index contributed by atoms with van der Waals surface area (Å²) >= 11 is 0. The number of hydrogen-bond donors (Lipinski definition) is 0. The molecule has 0 aromatic heterocycles. The van der Waals surface area contributed by atoms with E-state index < -0.39 is 0 Å². The summed E-state index contributed by atoms with van der Waals surface area (Å²) in [4.78, 5) is 21.5. The minimum absolute atomic E-state index is 0.00451. The van der Waals surface area contributed by atoms with Crippen molar-refractivity contribution in [3.63, 3.8) is 0 Å². The minimum atomic E-state index is -0.213. The fraction of sp³-hybridized carbons (Fsp3) is 0.714. The Morgan fingerprint density at radius 1 is 1.00 bits per heavy atom. The van der Waals surface area contributed by atoms with Crippen LogP contribution in [0.5, 0.6) is 0 Å². The third kappa shape index (κ3) is 5.69. The van der Waals surface area contributed by atoms with Gasteiger partial charge in [-0.1, -0.05) is 0 Å². The molecule has 0 fully saturated rings. The van der Waals surface area contributed by atoms with E-state index in [2.05, 4.69) is 9.47 Å². The lowest BCUT2D eigenvalue weighted by molar-refractivity contribution is -0.130. The summed E-state index contributed by atoms with van der Waals surface area (Å²) in [5.74, 6) is -0.427. The maximum absolute atomic E-state index is 10.7. The van der Waals surface area contributed by atoms with Crippen LogP contribution in [-0.4, -0.2) is 39.0 Å². The zero-order chi connectivity index (χ0) is 8.69. The van der Waals surface area contributed by atoms with Crippen molar-refractivity contribution < 1.29 is 19.1 Å². The van der Waals surface area contributed by atoms with Gasteiger partial charge in [0, 0.05) is 14.2 Å². The van der Waals surface area contributed by atoms with Gasteiger partial charge in [-0.3, -0.25) is 9.59 Å². The molecule has 0 aromatic carbocycles. The molecule has 11 heavy (non-hydrogen) atoms. The first-order chi connectivity index (χ1) is 5.20. The summed E-state index contributed by atoms with van der Waals surface area (Å²) in [6, 6.07) is 0. The van der Waals surface area contributed by atoms with Gasteiger partial charge in [-0.2, -0.15) is 0 Å². The molecular formula is C7H12O4. The highest BCUT2D eigenvalue weighted by Crippen LogP contribution is 1.87. The predicted molar refractivity (Wildman–Crippen MR) is 38.4 cm³/mol. The molecule has 0 aliphatic rings. The third-order valence-electron chi connectivity index (χ3n) is 1.00. The van der Waals surface area contributed by atoms with E-state index in [0.717, 1.165) is 0 Å². The largest absolute Gasteiger partial charge is 0.377 e. The zero-order valence-corrected chi connectivity index (χ0v) is 6.75. The van der Waals surface area contributed by atoms with Gasteiger partial charge in [-0.05, 0) is 0 Å². The van der Waals surface area contributed by atoms with Gasteiger partial charge in [0.1, 0.15) is 13.2 Å². The highest BCUT2D eigenvalue weighted by molar-refractivity contribution is 6.00. The van der Waals surface area contributed by atoms with Crippen molar-refractivity contribution in [1.29, 1.82) is 0 Å². The SMILES string of the molecule is COCC(=O)CC(=O)COC. The minimum Gasteiger partial charge on any atom is -0.377 e. The molecule has 0 saturated carbocycles. The van der Waals surface area contributed by atoms with E-state index in [9.17, 15) is 9.59 Å². The summed E-state index contributed by atoms with van der Waals surface area (Å²) in [5.41, 5.74) is 0. The molecule has 0 aliphatic carbocycles. The van der Waals surface area contributed by atoms with Crippen molar-refractivity contribution >= 4 is 11.6 Å². The van der Waals surface area contributed by atoms with Crippen LogP contribution in [0.25, 0.3) is 0 Å². The molecule has 0 radical (unpaired) electrons. The van der Waals surface area contributed by atoms with Gasteiger partial charge in [0.15, 0.2) is 11.6 Å². The van der Waals surface area contributed by atoms with Crippen LogP contribution in [0, 0.1) is 0 Å². The number of methoxy groups -OCH3 is 2. The Kier molecular flexibility index (Phi) is 5.60. The standard InChI is InChI=1S/C7H12O4/c1-10-4-6(8)3-7(9)5-11-2/h3-5H2,1-2H3. The number of hydrogen-bond acceptors (Lipinski definition) is 4. The Bertz CT molecular complexity index is 125. The van der Waals surface area contributed by atoms with Crippen LogP contribution in [0.4, 0.5) is 0 Å². The van der Waals surface area contributed by atoms with Gasteiger partial charge < -0.3 is 9.47 Å². The fourth-order valence-corrected chi connectivity index (χ4v) is 0.644. The van der Waals surface area contributed by atoms with E-state index in [1.165, 1.54) is 14.2 Å². The normalized spacial score (nSPS) is 9.64. The summed E-state index contributed by atoms with van der Waals surface area (Å²) in [5, 5.41) is 0. The van der Waals surface area contributed by atoms with Crippen molar-refractivity contribution in [2.45, 2.75) is 6.42 Å². The molecular weight excluding hydrogens is 148 g/mol. The number of ketones is 2. The lowest BCUT2D eigenvalue weighted by atomic mass is 10.2. The molecule has 0 unspecified atom stereocenters. The van der Waals surface area contributed by atoms with Crippen molar-refractivity contribution in [2.75, 3.05) is 27.4 Å². The molecule has 4 nitrogen and oxygen atoms in total. The van der Waals surface area contributed by atoms with E-state index in [1.54, 1.807) is 0 Å². The van der Waals surface area contributed by atoms with Crippen molar-refractivity contribution in [3.8, 4) is 0 Å². The number of rotatable bonds is 6. The maximum atomic E-state index is 10.7. The van der Waals surface area contributed by atoms with E-state index in [1.807, 2.05) is 0 Å². The molecule has 0 saturated heterocycles. The molecule has 0 bridgehead atoms. The van der Waals surface area contributed by atoms with Crippen molar-refractivity contribution in [3.05, 3.63) is 0 Å². The van der Waals surface area contributed by atoms with E-state index >= 15 is 0 Å². The van der Waals surface area contributed by atoms with E-state index in [0.29, 0.717) is 0 Å². The number of ether oxygens (including phenoxy) is 2. The quantitative estimate of drug-likeness (QED) is 0.505. The number of Topliss-reactive ketones (excluding diaryl/α,β-unsaturated/α-hetero) is 2. The summed E-state index contributed by atoms with van der Waals surface area (Å²) in [7, 11) is 2.83. The Morgan fingerprint density at radius 2 is 1.36 bits per heavy atom. The first-order valence-corrected chi connectivity index (χ1v) is 3.22. The maximum Gasteiger partial charge on any atom is 0.165 e. The second-order valence-corrected chi connectivity index (χ2v) is 2.12. The molecule has 0 rings (SSSR count). The Hall–Kier alpha value is -0.740. The Morgan fingerprint density at radius 3 is 1.64 bits per heavy atom. The number of carbonyl (C=O) groups excluding carboxylic acids is 2. The lowest BCUT2D eigenvalue weighted by Gasteiger charge is -1.97. The monoisotopic (exact) mass is 160 g/mol. The molecule has 0 amide bonds.